The molecule has 1 unspecified atom stereocenters. The molecule has 0 fully saturated rings. The van der Waals surface area contributed by atoms with E-state index >= 15 is 0 Å². The third-order valence-electron chi connectivity index (χ3n) is 2.34. The Hall–Kier alpha value is -0.970. The predicted molar refractivity (Wildman–Crippen MR) is 73.3 cm³/mol. The van der Waals surface area contributed by atoms with Crippen molar-refractivity contribution in [1.82, 2.24) is 0 Å². The van der Waals surface area contributed by atoms with Gasteiger partial charge in [-0.15, -0.1) is 0 Å². The lowest BCUT2D eigenvalue weighted by atomic mass is 10.2. The summed E-state index contributed by atoms with van der Waals surface area (Å²) in [6.45, 7) is 0.437. The van der Waals surface area contributed by atoms with Gasteiger partial charge in [0, 0.05) is 17.3 Å². The first-order valence-corrected chi connectivity index (χ1v) is 6.33. The summed E-state index contributed by atoms with van der Waals surface area (Å²) in [5, 5.41) is 3.96. The molecule has 1 heterocycles. The number of nitrogens with one attached hydrogen (secondary N) is 1. The smallest absolute Gasteiger partial charge is 0.169 e. The zero-order valence-electron chi connectivity index (χ0n) is 8.99. The van der Waals surface area contributed by atoms with Gasteiger partial charge in [0.15, 0.2) is 4.67 Å². The Morgan fingerprint density at radius 1 is 1.35 bits per heavy atom. The molecule has 0 aliphatic rings. The second kappa shape index (κ2) is 5.58. The lowest BCUT2D eigenvalue weighted by Gasteiger charge is -2.15. The Balaban J connectivity index is 2.15. The van der Waals surface area contributed by atoms with Gasteiger partial charge in [-0.05, 0) is 46.3 Å². The number of rotatable bonds is 4. The summed E-state index contributed by atoms with van der Waals surface area (Å²) in [5.74, 6) is 0.791. The van der Waals surface area contributed by atoms with Crippen molar-refractivity contribution in [2.75, 3.05) is 11.9 Å². The number of furan rings is 1. The number of nitrogens with two attached hydrogens (primary N) is 1. The van der Waals surface area contributed by atoms with Crippen LogP contribution in [0.25, 0.3) is 0 Å². The van der Waals surface area contributed by atoms with E-state index in [1.807, 2.05) is 36.4 Å². The Morgan fingerprint density at radius 3 is 2.76 bits per heavy atom. The number of hydrogen-bond donors (Lipinski definition) is 2. The SMILES string of the molecule is NCC(Nc1cccc(Cl)c1)c1ccc(Br)o1. The van der Waals surface area contributed by atoms with E-state index in [0.29, 0.717) is 16.2 Å². The monoisotopic (exact) mass is 314 g/mol. The molecule has 3 nitrogen and oxygen atoms in total. The molecule has 0 saturated heterocycles. The number of hydrogen-bond acceptors (Lipinski definition) is 3. The van der Waals surface area contributed by atoms with Crippen molar-refractivity contribution >= 4 is 33.2 Å². The molecule has 0 spiro atoms. The molecule has 0 amide bonds. The minimum absolute atomic E-state index is 0.0697. The highest BCUT2D eigenvalue weighted by atomic mass is 79.9. The van der Waals surface area contributed by atoms with E-state index in [0.717, 1.165) is 11.4 Å². The second-order valence-electron chi connectivity index (χ2n) is 3.58. The highest BCUT2D eigenvalue weighted by Gasteiger charge is 2.13. The van der Waals surface area contributed by atoms with Crippen LogP contribution in [0.1, 0.15) is 11.8 Å². The summed E-state index contributed by atoms with van der Waals surface area (Å²) in [5.41, 5.74) is 6.65. The van der Waals surface area contributed by atoms with Crippen molar-refractivity contribution in [2.45, 2.75) is 6.04 Å². The second-order valence-corrected chi connectivity index (χ2v) is 4.80. The molecule has 17 heavy (non-hydrogen) atoms. The lowest BCUT2D eigenvalue weighted by Crippen LogP contribution is -2.19. The summed E-state index contributed by atoms with van der Waals surface area (Å²) in [6, 6.07) is 11.2. The van der Waals surface area contributed by atoms with E-state index in [1.54, 1.807) is 0 Å². The Bertz CT molecular complexity index is 501. The van der Waals surface area contributed by atoms with Crippen LogP contribution in [-0.2, 0) is 0 Å². The number of benzene rings is 1. The molecular weight excluding hydrogens is 304 g/mol. The molecular formula is C12H12BrClN2O. The van der Waals surface area contributed by atoms with Crippen LogP contribution in [0, 0.1) is 0 Å². The lowest BCUT2D eigenvalue weighted by molar-refractivity contribution is 0.463. The summed E-state index contributed by atoms with van der Waals surface area (Å²) < 4.78 is 6.17. The van der Waals surface area contributed by atoms with E-state index in [-0.39, 0.29) is 6.04 Å². The van der Waals surface area contributed by atoms with Gasteiger partial charge in [-0.3, -0.25) is 0 Å². The molecule has 1 aromatic carbocycles. The van der Waals surface area contributed by atoms with Crippen LogP contribution in [-0.4, -0.2) is 6.54 Å². The number of halogens is 2. The minimum Gasteiger partial charge on any atom is -0.452 e. The fourth-order valence-electron chi connectivity index (χ4n) is 1.54. The molecule has 2 aromatic rings. The van der Waals surface area contributed by atoms with Gasteiger partial charge in [0.25, 0.3) is 0 Å². The van der Waals surface area contributed by atoms with E-state index < -0.39 is 0 Å². The Kier molecular flexibility index (Phi) is 4.10. The van der Waals surface area contributed by atoms with Crippen molar-refractivity contribution in [3.05, 3.63) is 51.9 Å². The molecule has 1 atom stereocenters. The minimum atomic E-state index is -0.0697. The highest BCUT2D eigenvalue weighted by molar-refractivity contribution is 9.10. The average molecular weight is 316 g/mol. The van der Waals surface area contributed by atoms with Crippen LogP contribution in [0.15, 0.2) is 45.5 Å². The zero-order valence-corrected chi connectivity index (χ0v) is 11.3. The first-order valence-electron chi connectivity index (χ1n) is 5.16. The van der Waals surface area contributed by atoms with Crippen molar-refractivity contribution < 1.29 is 4.42 Å². The maximum Gasteiger partial charge on any atom is 0.169 e. The third-order valence-corrected chi connectivity index (χ3v) is 3.00. The highest BCUT2D eigenvalue weighted by Crippen LogP contribution is 2.24. The standard InChI is InChI=1S/C12H12BrClN2O/c13-12-5-4-11(17-12)10(7-15)16-9-3-1-2-8(14)6-9/h1-6,10,16H,7,15H2. The van der Waals surface area contributed by atoms with Crippen LogP contribution >= 0.6 is 27.5 Å². The van der Waals surface area contributed by atoms with Crippen LogP contribution in [0.5, 0.6) is 0 Å². The first-order chi connectivity index (χ1) is 8.19. The van der Waals surface area contributed by atoms with Gasteiger partial charge in [0.1, 0.15) is 5.76 Å². The topological polar surface area (TPSA) is 51.2 Å². The molecule has 3 N–H and O–H groups in total. The van der Waals surface area contributed by atoms with Gasteiger partial charge in [0.2, 0.25) is 0 Å². The summed E-state index contributed by atoms with van der Waals surface area (Å²) in [7, 11) is 0. The van der Waals surface area contributed by atoms with Crippen molar-refractivity contribution in [3.63, 3.8) is 0 Å². The molecule has 0 aliphatic carbocycles. The van der Waals surface area contributed by atoms with Crippen LogP contribution in [0.3, 0.4) is 0 Å². The fourth-order valence-corrected chi connectivity index (χ4v) is 2.05. The van der Waals surface area contributed by atoms with E-state index in [2.05, 4.69) is 21.2 Å². The summed E-state index contributed by atoms with van der Waals surface area (Å²) in [6.07, 6.45) is 0. The molecule has 0 saturated carbocycles. The normalized spacial score (nSPS) is 12.4. The van der Waals surface area contributed by atoms with Gasteiger partial charge >= 0.3 is 0 Å². The van der Waals surface area contributed by atoms with Crippen molar-refractivity contribution in [3.8, 4) is 0 Å². The molecule has 0 aliphatic heterocycles. The largest absolute Gasteiger partial charge is 0.452 e. The van der Waals surface area contributed by atoms with E-state index in [4.69, 9.17) is 21.8 Å². The average Bonchev–Trinajstić information content (AvgIpc) is 2.73. The van der Waals surface area contributed by atoms with E-state index in [1.165, 1.54) is 0 Å². The third kappa shape index (κ3) is 3.25. The molecule has 90 valence electrons. The number of anilines is 1. The summed E-state index contributed by atoms with van der Waals surface area (Å²) in [4.78, 5) is 0. The van der Waals surface area contributed by atoms with E-state index in [9.17, 15) is 0 Å². The predicted octanol–water partition coefficient (Wildman–Crippen LogP) is 3.81. The van der Waals surface area contributed by atoms with Crippen LogP contribution < -0.4 is 11.1 Å². The molecule has 0 bridgehead atoms. The van der Waals surface area contributed by atoms with Gasteiger partial charge in [0.05, 0.1) is 6.04 Å². The maximum absolute atomic E-state index is 5.92. The zero-order chi connectivity index (χ0) is 12.3. The Morgan fingerprint density at radius 2 is 2.18 bits per heavy atom. The molecule has 2 rings (SSSR count). The van der Waals surface area contributed by atoms with Crippen molar-refractivity contribution in [1.29, 1.82) is 0 Å². The summed E-state index contributed by atoms with van der Waals surface area (Å²) >= 11 is 9.19. The fraction of sp³-hybridized carbons (Fsp3) is 0.167. The van der Waals surface area contributed by atoms with Crippen LogP contribution in [0.4, 0.5) is 5.69 Å². The first kappa shape index (κ1) is 12.5. The molecule has 1 aromatic heterocycles. The Labute approximate surface area is 113 Å². The quantitative estimate of drug-likeness (QED) is 0.902. The maximum atomic E-state index is 5.92. The van der Waals surface area contributed by atoms with Crippen molar-refractivity contribution in [2.24, 2.45) is 5.73 Å². The van der Waals surface area contributed by atoms with Gasteiger partial charge in [-0.25, -0.2) is 0 Å². The molecule has 0 radical (unpaired) electrons. The molecule has 5 heteroatoms. The van der Waals surface area contributed by atoms with Gasteiger partial charge in [-0.2, -0.15) is 0 Å². The van der Waals surface area contributed by atoms with Gasteiger partial charge in [-0.1, -0.05) is 17.7 Å². The van der Waals surface area contributed by atoms with Crippen LogP contribution in [0.2, 0.25) is 5.02 Å². The van der Waals surface area contributed by atoms with Gasteiger partial charge < -0.3 is 15.5 Å².